The molecule has 4 heteroatoms. The van der Waals surface area contributed by atoms with Crippen LogP contribution in [-0.4, -0.2) is 29.3 Å². The molecule has 2 amide bonds. The molecule has 29 heavy (non-hydrogen) atoms. The van der Waals surface area contributed by atoms with Gasteiger partial charge in [-0.05, 0) is 50.3 Å². The van der Waals surface area contributed by atoms with Gasteiger partial charge in [0.05, 0.1) is 6.42 Å². The lowest BCUT2D eigenvalue weighted by molar-refractivity contribution is -0.140. The monoisotopic (exact) mass is 394 g/mol. The highest BCUT2D eigenvalue weighted by molar-refractivity contribution is 5.88. The lowest BCUT2D eigenvalue weighted by atomic mass is 10.0. The van der Waals surface area contributed by atoms with Crippen LogP contribution in [0.5, 0.6) is 0 Å². The van der Waals surface area contributed by atoms with Crippen LogP contribution < -0.4 is 5.32 Å². The van der Waals surface area contributed by atoms with Crippen LogP contribution in [0.15, 0.2) is 42.5 Å². The summed E-state index contributed by atoms with van der Waals surface area (Å²) in [4.78, 5) is 27.7. The van der Waals surface area contributed by atoms with Crippen molar-refractivity contribution in [3.8, 4) is 0 Å². The Morgan fingerprint density at radius 3 is 2.17 bits per heavy atom. The van der Waals surface area contributed by atoms with E-state index >= 15 is 0 Å². The lowest BCUT2D eigenvalue weighted by Crippen LogP contribution is -2.48. The van der Waals surface area contributed by atoms with Crippen LogP contribution in [0, 0.1) is 26.7 Å². The molecule has 0 aromatic heterocycles. The predicted octanol–water partition coefficient (Wildman–Crippen LogP) is 4.34. The molecule has 1 N–H and O–H groups in total. The number of carbonyl (C=O) groups is 2. The van der Waals surface area contributed by atoms with Crippen molar-refractivity contribution in [3.05, 3.63) is 70.3 Å². The Balaban J connectivity index is 2.24. The highest BCUT2D eigenvalue weighted by atomic mass is 16.2. The predicted molar refractivity (Wildman–Crippen MR) is 119 cm³/mol. The number of carbonyl (C=O) groups excluding carboxylic acids is 2. The molecule has 4 nitrogen and oxygen atoms in total. The largest absolute Gasteiger partial charge is 0.354 e. The molecule has 0 saturated heterocycles. The fraction of sp³-hybridized carbons (Fsp3) is 0.440. The zero-order valence-corrected chi connectivity index (χ0v) is 18.6. The average molecular weight is 395 g/mol. The van der Waals surface area contributed by atoms with Crippen molar-refractivity contribution in [3.63, 3.8) is 0 Å². The first-order chi connectivity index (χ1) is 13.7. The Kier molecular flexibility index (Phi) is 8.00. The number of hydrogen-bond acceptors (Lipinski definition) is 2. The Morgan fingerprint density at radius 1 is 0.931 bits per heavy atom. The highest BCUT2D eigenvalue weighted by Gasteiger charge is 2.26. The standard InChI is InChI=1S/C25H34N2O2/c1-17(2)15-26-25(29)21(6)27(16-22-11-8-18(3)9-12-22)24(28)14-23-13-19(4)7-10-20(23)5/h7-13,17,21H,14-16H2,1-6H3,(H,26,29). The summed E-state index contributed by atoms with van der Waals surface area (Å²) in [6.45, 7) is 13.0. The van der Waals surface area contributed by atoms with Crippen molar-refractivity contribution in [2.45, 2.75) is 60.5 Å². The zero-order chi connectivity index (χ0) is 21.6. The van der Waals surface area contributed by atoms with Gasteiger partial charge in [-0.2, -0.15) is 0 Å². The van der Waals surface area contributed by atoms with E-state index in [9.17, 15) is 9.59 Å². The van der Waals surface area contributed by atoms with Crippen molar-refractivity contribution in [2.24, 2.45) is 5.92 Å². The molecule has 2 aromatic carbocycles. The second kappa shape index (κ2) is 10.2. The van der Waals surface area contributed by atoms with Crippen LogP contribution >= 0.6 is 0 Å². The zero-order valence-electron chi connectivity index (χ0n) is 18.6. The van der Waals surface area contributed by atoms with Crippen molar-refractivity contribution in [2.75, 3.05) is 6.54 Å². The molecule has 156 valence electrons. The van der Waals surface area contributed by atoms with Crippen molar-refractivity contribution >= 4 is 11.8 Å². The molecule has 0 saturated carbocycles. The van der Waals surface area contributed by atoms with Crippen LogP contribution in [0.25, 0.3) is 0 Å². The molecule has 1 unspecified atom stereocenters. The number of benzene rings is 2. The smallest absolute Gasteiger partial charge is 0.242 e. The minimum Gasteiger partial charge on any atom is -0.354 e. The Hall–Kier alpha value is -2.62. The summed E-state index contributed by atoms with van der Waals surface area (Å²) in [5, 5.41) is 2.96. The van der Waals surface area contributed by atoms with Crippen LogP contribution in [0.2, 0.25) is 0 Å². The number of nitrogens with one attached hydrogen (secondary N) is 1. The number of amides is 2. The lowest BCUT2D eigenvalue weighted by Gasteiger charge is -2.29. The van der Waals surface area contributed by atoms with E-state index in [0.29, 0.717) is 25.4 Å². The van der Waals surface area contributed by atoms with Gasteiger partial charge in [-0.25, -0.2) is 0 Å². The average Bonchev–Trinajstić information content (AvgIpc) is 2.67. The van der Waals surface area contributed by atoms with E-state index in [1.165, 1.54) is 5.56 Å². The SMILES string of the molecule is Cc1ccc(CN(C(=O)Cc2cc(C)ccc2C)C(C)C(=O)NCC(C)C)cc1. The van der Waals surface area contributed by atoms with E-state index in [0.717, 1.165) is 22.3 Å². The molecule has 0 spiro atoms. The van der Waals surface area contributed by atoms with Crippen molar-refractivity contribution in [1.29, 1.82) is 0 Å². The van der Waals surface area contributed by atoms with Gasteiger partial charge in [-0.1, -0.05) is 67.4 Å². The maximum atomic E-state index is 13.3. The minimum atomic E-state index is -0.535. The van der Waals surface area contributed by atoms with Gasteiger partial charge in [0.1, 0.15) is 6.04 Å². The molecular weight excluding hydrogens is 360 g/mol. The normalized spacial score (nSPS) is 12.0. The first-order valence-electron chi connectivity index (χ1n) is 10.4. The van der Waals surface area contributed by atoms with E-state index in [-0.39, 0.29) is 11.8 Å². The fourth-order valence-corrected chi connectivity index (χ4v) is 3.18. The van der Waals surface area contributed by atoms with Crippen LogP contribution in [0.4, 0.5) is 0 Å². The topological polar surface area (TPSA) is 49.4 Å². The molecule has 0 aliphatic carbocycles. The molecule has 0 bridgehead atoms. The maximum Gasteiger partial charge on any atom is 0.242 e. The molecule has 0 heterocycles. The first-order valence-corrected chi connectivity index (χ1v) is 10.4. The van der Waals surface area contributed by atoms with Gasteiger partial charge in [0.2, 0.25) is 11.8 Å². The summed E-state index contributed by atoms with van der Waals surface area (Å²) in [7, 11) is 0. The molecule has 0 fully saturated rings. The quantitative estimate of drug-likeness (QED) is 0.724. The number of nitrogens with zero attached hydrogens (tertiary/aromatic N) is 1. The minimum absolute atomic E-state index is 0.0357. The molecule has 2 rings (SSSR count). The Bertz CT molecular complexity index is 840. The summed E-state index contributed by atoms with van der Waals surface area (Å²) in [6, 6.07) is 13.7. The summed E-state index contributed by atoms with van der Waals surface area (Å²) in [6.07, 6.45) is 0.293. The van der Waals surface area contributed by atoms with Gasteiger partial charge in [0.15, 0.2) is 0 Å². The third kappa shape index (κ3) is 6.74. The first kappa shape index (κ1) is 22.7. The molecular formula is C25H34N2O2. The summed E-state index contributed by atoms with van der Waals surface area (Å²) < 4.78 is 0. The fourth-order valence-electron chi connectivity index (χ4n) is 3.18. The van der Waals surface area contributed by atoms with E-state index < -0.39 is 6.04 Å². The van der Waals surface area contributed by atoms with Gasteiger partial charge in [0, 0.05) is 13.1 Å². The molecule has 0 radical (unpaired) electrons. The number of aryl methyl sites for hydroxylation is 3. The van der Waals surface area contributed by atoms with Crippen LogP contribution in [0.1, 0.15) is 48.6 Å². The van der Waals surface area contributed by atoms with Gasteiger partial charge in [-0.15, -0.1) is 0 Å². The third-order valence-corrected chi connectivity index (χ3v) is 5.17. The Morgan fingerprint density at radius 2 is 1.55 bits per heavy atom. The summed E-state index contributed by atoms with van der Waals surface area (Å²) in [5.41, 5.74) is 5.43. The number of hydrogen-bond donors (Lipinski definition) is 1. The van der Waals surface area contributed by atoms with Crippen LogP contribution in [-0.2, 0) is 22.6 Å². The van der Waals surface area contributed by atoms with Gasteiger partial charge < -0.3 is 10.2 Å². The summed E-state index contributed by atoms with van der Waals surface area (Å²) >= 11 is 0. The van der Waals surface area contributed by atoms with Gasteiger partial charge >= 0.3 is 0 Å². The van der Waals surface area contributed by atoms with Gasteiger partial charge in [0.25, 0.3) is 0 Å². The molecule has 0 aliphatic heterocycles. The molecule has 2 aromatic rings. The second-order valence-corrected chi connectivity index (χ2v) is 8.43. The third-order valence-electron chi connectivity index (χ3n) is 5.17. The van der Waals surface area contributed by atoms with Gasteiger partial charge in [-0.3, -0.25) is 9.59 Å². The van der Waals surface area contributed by atoms with E-state index in [1.54, 1.807) is 4.90 Å². The van der Waals surface area contributed by atoms with Crippen LogP contribution in [0.3, 0.4) is 0 Å². The molecule has 0 aliphatic rings. The van der Waals surface area contributed by atoms with Crippen molar-refractivity contribution < 1.29 is 9.59 Å². The number of rotatable bonds is 8. The maximum absolute atomic E-state index is 13.3. The summed E-state index contributed by atoms with van der Waals surface area (Å²) in [5.74, 6) is 0.217. The van der Waals surface area contributed by atoms with E-state index in [1.807, 2.05) is 58.0 Å². The second-order valence-electron chi connectivity index (χ2n) is 8.43. The van der Waals surface area contributed by atoms with E-state index in [4.69, 9.17) is 0 Å². The highest BCUT2D eigenvalue weighted by Crippen LogP contribution is 2.16. The van der Waals surface area contributed by atoms with Crippen molar-refractivity contribution in [1.82, 2.24) is 10.2 Å². The Labute approximate surface area is 175 Å². The van der Waals surface area contributed by atoms with E-state index in [2.05, 4.69) is 31.3 Å². The molecule has 1 atom stereocenters.